The van der Waals surface area contributed by atoms with Crippen LogP contribution in [0.25, 0.3) is 0 Å². The molecular formula is C14H16N2O2. The highest BCUT2D eigenvalue weighted by atomic mass is 16.2. The average molecular weight is 244 g/mol. The largest absolute Gasteiger partial charge is 0.298 e. The number of amides is 2. The van der Waals surface area contributed by atoms with E-state index >= 15 is 0 Å². The maximum Gasteiger partial charge on any atom is 0.235 e. The molecule has 1 N–H and O–H groups in total. The summed E-state index contributed by atoms with van der Waals surface area (Å²) < 4.78 is 0. The molecule has 2 amide bonds. The normalized spacial score (nSPS) is 32.2. The number of nitrogens with zero attached hydrogens (tertiary/aromatic N) is 1. The van der Waals surface area contributed by atoms with E-state index in [1.54, 1.807) is 0 Å². The molecule has 0 unspecified atom stereocenters. The third kappa shape index (κ3) is 1.49. The zero-order valence-electron chi connectivity index (χ0n) is 10.3. The highest BCUT2D eigenvalue weighted by Gasteiger charge is 2.56. The second-order valence-electron chi connectivity index (χ2n) is 5.25. The van der Waals surface area contributed by atoms with Crippen LogP contribution in [0.3, 0.4) is 0 Å². The van der Waals surface area contributed by atoms with Crippen molar-refractivity contribution in [2.24, 2.45) is 5.41 Å². The van der Waals surface area contributed by atoms with Crippen LogP contribution in [0, 0.1) is 5.41 Å². The molecule has 2 atom stereocenters. The summed E-state index contributed by atoms with van der Waals surface area (Å²) in [5.74, 6) is -0.248. The van der Waals surface area contributed by atoms with Gasteiger partial charge in [-0.05, 0) is 25.6 Å². The molecule has 2 saturated heterocycles. The van der Waals surface area contributed by atoms with Crippen LogP contribution in [0.5, 0.6) is 0 Å². The Hall–Kier alpha value is -1.68. The van der Waals surface area contributed by atoms with E-state index in [-0.39, 0.29) is 17.9 Å². The van der Waals surface area contributed by atoms with Crippen molar-refractivity contribution in [1.82, 2.24) is 10.2 Å². The van der Waals surface area contributed by atoms with Crippen molar-refractivity contribution >= 4 is 11.8 Å². The lowest BCUT2D eigenvalue weighted by Gasteiger charge is -2.31. The molecule has 2 fully saturated rings. The number of nitrogens with one attached hydrogen (secondary N) is 1. The fourth-order valence-corrected chi connectivity index (χ4v) is 3.36. The van der Waals surface area contributed by atoms with E-state index in [0.29, 0.717) is 6.42 Å². The standard InChI is InChI=1S/C14H16N2O2/c1-16-8-7-14(9-11(17)15-13(14)18)12(16)10-5-3-2-4-6-10/h2-6,12H,7-9H2,1H3,(H,15,17,18)/t12-,14+/m1/s1. The van der Waals surface area contributed by atoms with Crippen molar-refractivity contribution < 1.29 is 9.59 Å². The van der Waals surface area contributed by atoms with Gasteiger partial charge in [0.2, 0.25) is 11.8 Å². The maximum absolute atomic E-state index is 12.2. The van der Waals surface area contributed by atoms with E-state index in [2.05, 4.69) is 10.2 Å². The van der Waals surface area contributed by atoms with Gasteiger partial charge in [0, 0.05) is 12.5 Å². The van der Waals surface area contributed by atoms with Crippen molar-refractivity contribution in [3.8, 4) is 0 Å². The third-order valence-electron chi connectivity index (χ3n) is 4.17. The minimum absolute atomic E-state index is 0.00477. The first-order valence-corrected chi connectivity index (χ1v) is 6.23. The van der Waals surface area contributed by atoms with Gasteiger partial charge in [0.05, 0.1) is 5.41 Å². The fraction of sp³-hybridized carbons (Fsp3) is 0.429. The summed E-state index contributed by atoms with van der Waals surface area (Å²) in [6, 6.07) is 9.98. The van der Waals surface area contributed by atoms with E-state index in [1.807, 2.05) is 37.4 Å². The number of benzene rings is 1. The molecule has 3 rings (SSSR count). The fourth-order valence-electron chi connectivity index (χ4n) is 3.36. The first kappa shape index (κ1) is 11.4. The zero-order valence-corrected chi connectivity index (χ0v) is 10.3. The molecule has 0 radical (unpaired) electrons. The second-order valence-corrected chi connectivity index (χ2v) is 5.25. The monoisotopic (exact) mass is 244 g/mol. The van der Waals surface area contributed by atoms with Gasteiger partial charge >= 0.3 is 0 Å². The van der Waals surface area contributed by atoms with Crippen molar-refractivity contribution in [3.05, 3.63) is 35.9 Å². The smallest absolute Gasteiger partial charge is 0.235 e. The summed E-state index contributed by atoms with van der Waals surface area (Å²) in [4.78, 5) is 25.9. The van der Waals surface area contributed by atoms with Crippen LogP contribution in [0.15, 0.2) is 30.3 Å². The SMILES string of the molecule is CN1CC[C@]2(CC(=O)NC2=O)[C@H]1c1ccccc1. The molecule has 0 bridgehead atoms. The number of likely N-dealkylation sites (tertiary alicyclic amines) is 1. The first-order chi connectivity index (χ1) is 8.63. The van der Waals surface area contributed by atoms with Gasteiger partial charge in [0.25, 0.3) is 0 Å². The third-order valence-corrected chi connectivity index (χ3v) is 4.17. The molecule has 0 aromatic heterocycles. The molecule has 4 heteroatoms. The van der Waals surface area contributed by atoms with E-state index in [1.165, 1.54) is 0 Å². The van der Waals surface area contributed by atoms with Gasteiger partial charge in [0.15, 0.2) is 0 Å². The summed E-state index contributed by atoms with van der Waals surface area (Å²) in [5, 5.41) is 2.47. The maximum atomic E-state index is 12.2. The van der Waals surface area contributed by atoms with E-state index in [4.69, 9.17) is 0 Å². The number of carbonyl (C=O) groups is 2. The molecule has 18 heavy (non-hydrogen) atoms. The zero-order chi connectivity index (χ0) is 12.8. The average Bonchev–Trinajstić information content (AvgIpc) is 2.82. The van der Waals surface area contributed by atoms with Crippen LogP contribution in [0.1, 0.15) is 24.4 Å². The summed E-state index contributed by atoms with van der Waals surface area (Å²) in [6.07, 6.45) is 1.07. The quantitative estimate of drug-likeness (QED) is 0.752. The van der Waals surface area contributed by atoms with Crippen molar-refractivity contribution in [3.63, 3.8) is 0 Å². The minimum Gasteiger partial charge on any atom is -0.298 e. The summed E-state index contributed by atoms with van der Waals surface area (Å²) in [5.41, 5.74) is 0.551. The Bertz CT molecular complexity index is 500. The van der Waals surface area contributed by atoms with Gasteiger partial charge in [-0.1, -0.05) is 30.3 Å². The Kier molecular flexibility index (Phi) is 2.48. The molecule has 1 spiro atoms. The van der Waals surface area contributed by atoms with Gasteiger partial charge in [0.1, 0.15) is 0 Å². The number of imide groups is 1. The van der Waals surface area contributed by atoms with Crippen LogP contribution in [-0.2, 0) is 9.59 Å². The molecular weight excluding hydrogens is 228 g/mol. The van der Waals surface area contributed by atoms with Gasteiger partial charge in [-0.3, -0.25) is 19.8 Å². The van der Waals surface area contributed by atoms with Crippen LogP contribution in [0.4, 0.5) is 0 Å². The van der Waals surface area contributed by atoms with Gasteiger partial charge in [-0.2, -0.15) is 0 Å². The minimum atomic E-state index is -0.562. The van der Waals surface area contributed by atoms with E-state index < -0.39 is 5.41 Å². The lowest BCUT2D eigenvalue weighted by Crippen LogP contribution is -2.36. The highest BCUT2D eigenvalue weighted by molar-refractivity contribution is 6.06. The molecule has 94 valence electrons. The van der Waals surface area contributed by atoms with Crippen LogP contribution >= 0.6 is 0 Å². The molecule has 2 aliphatic rings. The summed E-state index contributed by atoms with van der Waals surface area (Å²) in [6.45, 7) is 0.847. The molecule has 4 nitrogen and oxygen atoms in total. The predicted molar refractivity (Wildman–Crippen MR) is 66.6 cm³/mol. The first-order valence-electron chi connectivity index (χ1n) is 6.23. The summed E-state index contributed by atoms with van der Waals surface area (Å²) >= 11 is 0. The van der Waals surface area contributed by atoms with Crippen LogP contribution in [0.2, 0.25) is 0 Å². The number of carbonyl (C=O) groups excluding carboxylic acids is 2. The van der Waals surface area contributed by atoms with Crippen molar-refractivity contribution in [1.29, 1.82) is 0 Å². The van der Waals surface area contributed by atoms with E-state index in [0.717, 1.165) is 18.5 Å². The number of hydrogen-bond acceptors (Lipinski definition) is 3. The second kappa shape index (κ2) is 3.92. The molecule has 0 saturated carbocycles. The molecule has 1 aromatic carbocycles. The lowest BCUT2D eigenvalue weighted by molar-refractivity contribution is -0.129. The Balaban J connectivity index is 2.05. The number of hydrogen-bond donors (Lipinski definition) is 1. The van der Waals surface area contributed by atoms with Crippen LogP contribution < -0.4 is 5.32 Å². The van der Waals surface area contributed by atoms with Crippen molar-refractivity contribution in [2.45, 2.75) is 18.9 Å². The van der Waals surface area contributed by atoms with E-state index in [9.17, 15) is 9.59 Å². The Morgan fingerprint density at radius 2 is 2.00 bits per heavy atom. The summed E-state index contributed by atoms with van der Waals surface area (Å²) in [7, 11) is 2.02. The Morgan fingerprint density at radius 3 is 2.61 bits per heavy atom. The highest BCUT2D eigenvalue weighted by Crippen LogP contribution is 2.50. The number of rotatable bonds is 1. The molecule has 2 aliphatic heterocycles. The molecule has 2 heterocycles. The lowest BCUT2D eigenvalue weighted by atomic mass is 9.76. The Labute approximate surface area is 106 Å². The molecule has 0 aliphatic carbocycles. The van der Waals surface area contributed by atoms with Crippen LogP contribution in [-0.4, -0.2) is 30.3 Å². The van der Waals surface area contributed by atoms with Gasteiger partial charge in [-0.15, -0.1) is 0 Å². The van der Waals surface area contributed by atoms with Gasteiger partial charge < -0.3 is 0 Å². The molecule has 1 aromatic rings. The topological polar surface area (TPSA) is 49.4 Å². The Morgan fingerprint density at radius 1 is 1.28 bits per heavy atom. The van der Waals surface area contributed by atoms with Crippen molar-refractivity contribution in [2.75, 3.05) is 13.6 Å². The van der Waals surface area contributed by atoms with Gasteiger partial charge in [-0.25, -0.2) is 0 Å². The predicted octanol–water partition coefficient (Wildman–Crippen LogP) is 1.10.